The van der Waals surface area contributed by atoms with Gasteiger partial charge in [-0.25, -0.2) is 0 Å². The molecule has 0 bridgehead atoms. The van der Waals surface area contributed by atoms with Crippen LogP contribution < -0.4 is 0 Å². The van der Waals surface area contributed by atoms with Crippen LogP contribution in [0.2, 0.25) is 0 Å². The molecule has 12 heavy (non-hydrogen) atoms. The summed E-state index contributed by atoms with van der Waals surface area (Å²) < 4.78 is 34.8. The molecule has 0 fully saturated rings. The molecule has 0 aliphatic carbocycles. The fraction of sp³-hybridized carbons (Fsp3) is 0.889. The summed E-state index contributed by atoms with van der Waals surface area (Å²) in [6.07, 6.45) is 1.37. The maximum Gasteiger partial charge on any atom is 0.389 e. The molecule has 0 N–H and O–H groups in total. The Morgan fingerprint density at radius 3 is 2.25 bits per heavy atom. The zero-order valence-electron chi connectivity index (χ0n) is 7.45. The molecule has 0 aliphatic rings. The van der Waals surface area contributed by atoms with E-state index in [4.69, 9.17) is 0 Å². The lowest BCUT2D eigenvalue weighted by atomic mass is 10.1. The Bertz CT molecular complexity index is 96.4. The molecule has 0 amide bonds. The lowest BCUT2D eigenvalue weighted by molar-refractivity contribution is -0.128. The Labute approximate surface area is 72.2 Å². The lowest BCUT2D eigenvalue weighted by Crippen LogP contribution is -2.06. The number of hydrogen-bond donors (Lipinski definition) is 0. The summed E-state index contributed by atoms with van der Waals surface area (Å²) in [7, 11) is 0. The van der Waals surface area contributed by atoms with Crippen molar-refractivity contribution in [3.8, 4) is 0 Å². The van der Waals surface area contributed by atoms with Crippen LogP contribution >= 0.6 is 0 Å². The van der Waals surface area contributed by atoms with Gasteiger partial charge >= 0.3 is 6.18 Å². The third-order valence-corrected chi connectivity index (χ3v) is 1.64. The fourth-order valence-electron chi connectivity index (χ4n) is 0.981. The van der Waals surface area contributed by atoms with E-state index in [1.807, 2.05) is 0 Å². The van der Waals surface area contributed by atoms with E-state index >= 15 is 0 Å². The van der Waals surface area contributed by atoms with Crippen molar-refractivity contribution in [3.05, 3.63) is 6.42 Å². The Morgan fingerprint density at radius 1 is 1.08 bits per heavy atom. The Morgan fingerprint density at radius 2 is 1.75 bits per heavy atom. The largest absolute Gasteiger partial charge is 0.389 e. The molecule has 0 saturated carbocycles. The van der Waals surface area contributed by atoms with E-state index in [0.29, 0.717) is 6.42 Å². The van der Waals surface area contributed by atoms with E-state index in [1.165, 1.54) is 6.42 Å². The van der Waals surface area contributed by atoms with Gasteiger partial charge in [-0.1, -0.05) is 32.6 Å². The molecule has 0 aromatic rings. The molecule has 0 rings (SSSR count). The monoisotopic (exact) mass is 181 g/mol. The second-order valence-corrected chi connectivity index (χ2v) is 2.96. The summed E-state index contributed by atoms with van der Waals surface area (Å²) in [5, 5.41) is 0. The van der Waals surface area contributed by atoms with Crippen LogP contribution in [-0.2, 0) is 0 Å². The number of rotatable bonds is 6. The average Bonchev–Trinajstić information content (AvgIpc) is 1.94. The summed E-state index contributed by atoms with van der Waals surface area (Å²) in [6, 6.07) is 0. The highest BCUT2D eigenvalue weighted by molar-refractivity contribution is 4.69. The van der Waals surface area contributed by atoms with Crippen molar-refractivity contribution in [3.63, 3.8) is 0 Å². The van der Waals surface area contributed by atoms with E-state index in [1.54, 1.807) is 0 Å². The predicted octanol–water partition coefficient (Wildman–Crippen LogP) is 4.11. The number of halogens is 3. The van der Waals surface area contributed by atoms with Gasteiger partial charge in [0.05, 0.1) is 0 Å². The van der Waals surface area contributed by atoms with Crippen LogP contribution in [0.3, 0.4) is 0 Å². The van der Waals surface area contributed by atoms with E-state index in [2.05, 4.69) is 6.92 Å². The normalized spacial score (nSPS) is 12.0. The van der Waals surface area contributed by atoms with Crippen molar-refractivity contribution < 1.29 is 13.2 Å². The van der Waals surface area contributed by atoms with Crippen molar-refractivity contribution >= 4 is 0 Å². The minimum atomic E-state index is -4.01. The van der Waals surface area contributed by atoms with Crippen molar-refractivity contribution in [2.75, 3.05) is 0 Å². The molecule has 0 saturated heterocycles. The second kappa shape index (κ2) is 6.32. The fourth-order valence-corrected chi connectivity index (χ4v) is 0.981. The zero-order chi connectivity index (χ0) is 9.45. The summed E-state index contributed by atoms with van der Waals surface area (Å²) >= 11 is 0. The van der Waals surface area contributed by atoms with Crippen LogP contribution in [0.25, 0.3) is 0 Å². The molecule has 0 atom stereocenters. The van der Waals surface area contributed by atoms with Crippen molar-refractivity contribution in [1.82, 2.24) is 0 Å². The van der Waals surface area contributed by atoms with Crippen LogP contribution in [0.4, 0.5) is 13.2 Å². The summed E-state index contributed by atoms with van der Waals surface area (Å²) in [5.74, 6) is 0. The third kappa shape index (κ3) is 9.79. The van der Waals surface area contributed by atoms with Gasteiger partial charge in [0, 0.05) is 6.42 Å². The van der Waals surface area contributed by atoms with Crippen molar-refractivity contribution in [1.29, 1.82) is 0 Å². The molecule has 0 aliphatic heterocycles. The van der Waals surface area contributed by atoms with Gasteiger partial charge in [-0.2, -0.15) is 13.2 Å². The van der Waals surface area contributed by atoms with Crippen molar-refractivity contribution in [2.24, 2.45) is 0 Å². The Kier molecular flexibility index (Phi) is 6.21. The summed E-state index contributed by atoms with van der Waals surface area (Å²) in [4.78, 5) is 0. The first kappa shape index (κ1) is 11.8. The van der Waals surface area contributed by atoms with E-state index in [-0.39, 0.29) is 0 Å². The van der Waals surface area contributed by atoms with Gasteiger partial charge < -0.3 is 0 Å². The first-order valence-corrected chi connectivity index (χ1v) is 4.44. The molecule has 0 nitrogen and oxygen atoms in total. The average molecular weight is 181 g/mol. The second-order valence-electron chi connectivity index (χ2n) is 2.96. The third-order valence-electron chi connectivity index (χ3n) is 1.64. The predicted molar refractivity (Wildman–Crippen MR) is 43.7 cm³/mol. The van der Waals surface area contributed by atoms with Crippen molar-refractivity contribution in [2.45, 2.75) is 51.6 Å². The minimum absolute atomic E-state index is 0.597. The summed E-state index contributed by atoms with van der Waals surface area (Å²) in [6.45, 7) is 2.08. The smallest absolute Gasteiger partial charge is 0.171 e. The maximum atomic E-state index is 11.6. The number of unbranched alkanes of at least 4 members (excludes halogenated alkanes) is 5. The Hall–Kier alpha value is -0.210. The first-order valence-electron chi connectivity index (χ1n) is 4.44. The van der Waals surface area contributed by atoms with Crippen LogP contribution in [-0.4, -0.2) is 6.18 Å². The summed E-state index contributed by atoms with van der Waals surface area (Å²) in [5.41, 5.74) is 0. The van der Waals surface area contributed by atoms with E-state index < -0.39 is 12.6 Å². The van der Waals surface area contributed by atoms with Crippen LogP contribution in [0.1, 0.15) is 45.4 Å². The zero-order valence-corrected chi connectivity index (χ0v) is 7.45. The van der Waals surface area contributed by atoms with E-state index in [9.17, 15) is 13.2 Å². The molecule has 0 unspecified atom stereocenters. The van der Waals surface area contributed by atoms with Crippen LogP contribution in [0.5, 0.6) is 0 Å². The SMILES string of the molecule is CCCCCC[CH]CC(F)(F)F. The van der Waals surface area contributed by atoms with Gasteiger partial charge in [0.15, 0.2) is 0 Å². The highest BCUT2D eigenvalue weighted by atomic mass is 19.4. The van der Waals surface area contributed by atoms with E-state index in [0.717, 1.165) is 25.7 Å². The lowest BCUT2D eigenvalue weighted by Gasteiger charge is -2.04. The molecule has 3 heteroatoms. The molecule has 73 valence electrons. The highest BCUT2D eigenvalue weighted by Gasteiger charge is 2.25. The van der Waals surface area contributed by atoms with Gasteiger partial charge in [0.1, 0.15) is 0 Å². The highest BCUT2D eigenvalue weighted by Crippen LogP contribution is 2.22. The quantitative estimate of drug-likeness (QED) is 0.541. The maximum absolute atomic E-state index is 11.6. The molecular weight excluding hydrogens is 165 g/mol. The molecule has 1 radical (unpaired) electrons. The topological polar surface area (TPSA) is 0 Å². The molecular formula is C9H16F3. The van der Waals surface area contributed by atoms with Gasteiger partial charge in [-0.3, -0.25) is 0 Å². The van der Waals surface area contributed by atoms with Gasteiger partial charge in [0.25, 0.3) is 0 Å². The van der Waals surface area contributed by atoms with Gasteiger partial charge in [0.2, 0.25) is 0 Å². The van der Waals surface area contributed by atoms with Gasteiger partial charge in [-0.15, -0.1) is 0 Å². The molecule has 0 aromatic heterocycles. The Balaban J connectivity index is 3.01. The first-order chi connectivity index (χ1) is 5.56. The van der Waals surface area contributed by atoms with Crippen LogP contribution in [0, 0.1) is 6.42 Å². The molecule has 0 aromatic carbocycles. The molecule has 0 heterocycles. The van der Waals surface area contributed by atoms with Gasteiger partial charge in [-0.05, 0) is 12.8 Å². The minimum Gasteiger partial charge on any atom is -0.171 e. The number of alkyl halides is 3. The standard InChI is InChI=1S/C9H16F3/c1-2-3-4-5-6-7-8-9(10,11)12/h7H,2-6,8H2,1H3. The number of hydrogen-bond acceptors (Lipinski definition) is 0. The molecule has 0 spiro atoms. The van der Waals surface area contributed by atoms with Crippen LogP contribution in [0.15, 0.2) is 0 Å².